The van der Waals surface area contributed by atoms with Crippen LogP contribution in [-0.2, 0) is 4.79 Å². The highest BCUT2D eigenvalue weighted by atomic mass is 127. The van der Waals surface area contributed by atoms with Crippen molar-refractivity contribution in [1.29, 1.82) is 0 Å². The lowest BCUT2D eigenvalue weighted by Gasteiger charge is -2.17. The van der Waals surface area contributed by atoms with Crippen LogP contribution in [0.3, 0.4) is 0 Å². The molecule has 0 radical (unpaired) electrons. The molecule has 0 saturated carbocycles. The predicted molar refractivity (Wildman–Crippen MR) is 131 cm³/mol. The average Bonchev–Trinajstić information content (AvgIpc) is 2.61. The molecule has 0 aliphatic rings. The van der Waals surface area contributed by atoms with Gasteiger partial charge in [0.1, 0.15) is 0 Å². The Kier molecular flexibility index (Phi) is 15.5. The first kappa shape index (κ1) is 27.1. The van der Waals surface area contributed by atoms with E-state index < -0.39 is 0 Å². The van der Waals surface area contributed by atoms with Crippen molar-refractivity contribution in [3.63, 3.8) is 0 Å². The molecule has 0 aromatic heterocycles. The summed E-state index contributed by atoms with van der Waals surface area (Å²) in [5.41, 5.74) is 0.782. The van der Waals surface area contributed by atoms with E-state index in [2.05, 4.69) is 50.7 Å². The van der Waals surface area contributed by atoms with Crippen LogP contribution in [0.5, 0.6) is 0 Å². The molecule has 160 valence electrons. The minimum absolute atomic E-state index is 0. The third-order valence-corrected chi connectivity index (χ3v) is 4.50. The van der Waals surface area contributed by atoms with Crippen LogP contribution in [0.2, 0.25) is 0 Å². The molecular weight excluding hydrogens is 535 g/mol. The Morgan fingerprint density at radius 2 is 1.89 bits per heavy atom. The van der Waals surface area contributed by atoms with Gasteiger partial charge < -0.3 is 21.1 Å². The molecule has 1 aromatic carbocycles. The highest BCUT2D eigenvalue weighted by Gasteiger charge is 2.11. The van der Waals surface area contributed by atoms with Crippen molar-refractivity contribution in [1.82, 2.24) is 10.6 Å². The first-order chi connectivity index (χ1) is 12.9. The first-order valence-corrected chi connectivity index (χ1v) is 10.4. The van der Waals surface area contributed by atoms with Crippen LogP contribution in [-0.4, -0.2) is 43.2 Å². The largest absolute Gasteiger partial charge is 0.396 e. The van der Waals surface area contributed by atoms with Gasteiger partial charge in [-0.25, -0.2) is 0 Å². The van der Waals surface area contributed by atoms with E-state index in [1.54, 1.807) is 0 Å². The van der Waals surface area contributed by atoms with Crippen LogP contribution in [0.1, 0.15) is 40.0 Å². The Morgan fingerprint density at radius 3 is 2.46 bits per heavy atom. The highest BCUT2D eigenvalue weighted by molar-refractivity contribution is 14.0. The summed E-state index contributed by atoms with van der Waals surface area (Å²) in [4.78, 5) is 16.7. The molecule has 0 fully saturated rings. The van der Waals surface area contributed by atoms with Gasteiger partial charge in [0, 0.05) is 42.8 Å². The van der Waals surface area contributed by atoms with Crippen LogP contribution in [0, 0.1) is 11.8 Å². The van der Waals surface area contributed by atoms with Crippen LogP contribution in [0.25, 0.3) is 0 Å². The fourth-order valence-corrected chi connectivity index (χ4v) is 3.01. The van der Waals surface area contributed by atoms with Gasteiger partial charge in [-0.05, 0) is 55.9 Å². The molecule has 6 nitrogen and oxygen atoms in total. The zero-order valence-corrected chi connectivity index (χ0v) is 20.9. The molecule has 0 bridgehead atoms. The number of nitrogens with one attached hydrogen (secondary N) is 3. The number of amides is 1. The van der Waals surface area contributed by atoms with Gasteiger partial charge in [-0.1, -0.05) is 29.8 Å². The Balaban J connectivity index is 0.00000729. The van der Waals surface area contributed by atoms with Gasteiger partial charge in [0.2, 0.25) is 5.91 Å². The zero-order chi connectivity index (χ0) is 20.1. The van der Waals surface area contributed by atoms with Crippen molar-refractivity contribution in [2.24, 2.45) is 16.8 Å². The lowest BCUT2D eigenvalue weighted by Crippen LogP contribution is -2.39. The number of benzene rings is 1. The van der Waals surface area contributed by atoms with Gasteiger partial charge in [0.25, 0.3) is 0 Å². The van der Waals surface area contributed by atoms with Crippen molar-refractivity contribution in [3.8, 4) is 0 Å². The molecule has 1 rings (SSSR count). The predicted octanol–water partition coefficient (Wildman–Crippen LogP) is 4.00. The maximum absolute atomic E-state index is 12.1. The highest BCUT2D eigenvalue weighted by Crippen LogP contribution is 2.16. The van der Waals surface area contributed by atoms with E-state index in [0.29, 0.717) is 37.3 Å². The number of hydrogen-bond acceptors (Lipinski definition) is 3. The summed E-state index contributed by atoms with van der Waals surface area (Å²) >= 11 is 3.37. The van der Waals surface area contributed by atoms with Gasteiger partial charge in [0.05, 0.1) is 0 Å². The Morgan fingerprint density at radius 1 is 1.21 bits per heavy atom. The summed E-state index contributed by atoms with van der Waals surface area (Å²) in [6.07, 6.45) is 2.16. The summed E-state index contributed by atoms with van der Waals surface area (Å²) in [6.45, 7) is 8.49. The van der Waals surface area contributed by atoms with Crippen molar-refractivity contribution >= 4 is 57.5 Å². The van der Waals surface area contributed by atoms with E-state index >= 15 is 0 Å². The minimum atomic E-state index is -0.0429. The Labute approximate surface area is 194 Å². The topological polar surface area (TPSA) is 85.8 Å². The maximum Gasteiger partial charge on any atom is 0.226 e. The molecule has 8 heteroatoms. The maximum atomic E-state index is 12.1. The van der Waals surface area contributed by atoms with Crippen molar-refractivity contribution in [3.05, 3.63) is 28.7 Å². The van der Waals surface area contributed by atoms with Crippen molar-refractivity contribution in [2.75, 3.05) is 31.6 Å². The lowest BCUT2D eigenvalue weighted by molar-refractivity contribution is -0.116. The third kappa shape index (κ3) is 12.6. The van der Waals surface area contributed by atoms with Crippen LogP contribution in [0.4, 0.5) is 5.69 Å². The summed E-state index contributed by atoms with van der Waals surface area (Å²) in [5, 5.41) is 18.5. The SMILES string of the molecule is CCNC(=NCC(CCO)CC(C)C)NCCC(=O)Nc1ccc(Br)cc1.I. The van der Waals surface area contributed by atoms with E-state index in [-0.39, 0.29) is 36.5 Å². The van der Waals surface area contributed by atoms with Crippen molar-refractivity contribution < 1.29 is 9.90 Å². The number of aliphatic hydroxyl groups is 1. The third-order valence-electron chi connectivity index (χ3n) is 3.97. The number of aliphatic hydroxyl groups excluding tert-OH is 1. The fourth-order valence-electron chi connectivity index (χ4n) is 2.75. The number of carbonyl (C=O) groups is 1. The summed E-state index contributed by atoms with van der Waals surface area (Å²) < 4.78 is 0.977. The van der Waals surface area contributed by atoms with E-state index in [0.717, 1.165) is 29.5 Å². The number of aliphatic imine (C=N–C) groups is 1. The lowest BCUT2D eigenvalue weighted by atomic mass is 9.94. The zero-order valence-electron chi connectivity index (χ0n) is 17.0. The number of guanidine groups is 1. The molecule has 1 atom stereocenters. The average molecular weight is 569 g/mol. The van der Waals surface area contributed by atoms with Crippen LogP contribution in [0.15, 0.2) is 33.7 Å². The number of carbonyl (C=O) groups excluding carboxylic acids is 1. The monoisotopic (exact) mass is 568 g/mol. The molecule has 0 saturated heterocycles. The second kappa shape index (κ2) is 16.0. The molecule has 1 aromatic rings. The van der Waals surface area contributed by atoms with E-state index in [1.165, 1.54) is 0 Å². The van der Waals surface area contributed by atoms with Crippen molar-refractivity contribution in [2.45, 2.75) is 40.0 Å². The van der Waals surface area contributed by atoms with Crippen LogP contribution < -0.4 is 16.0 Å². The van der Waals surface area contributed by atoms with E-state index in [1.807, 2.05) is 31.2 Å². The molecule has 0 aliphatic carbocycles. The summed E-state index contributed by atoms with van der Waals surface area (Å²) in [7, 11) is 0. The molecular formula is C20H34BrIN4O2. The van der Waals surface area contributed by atoms with E-state index in [4.69, 9.17) is 0 Å². The number of nitrogens with zero attached hydrogens (tertiary/aromatic N) is 1. The minimum Gasteiger partial charge on any atom is -0.396 e. The Hall–Kier alpha value is -0.870. The standard InChI is InChI=1S/C20H33BrN4O2.HI/c1-4-22-20(24-14-16(10-12-26)13-15(2)3)23-11-9-19(27)25-18-7-5-17(21)6-8-18;/h5-8,15-16,26H,4,9-14H2,1-3H3,(H,25,27)(H2,22,23,24);1H. The molecule has 28 heavy (non-hydrogen) atoms. The normalized spacial score (nSPS) is 12.3. The first-order valence-electron chi connectivity index (χ1n) is 9.63. The summed E-state index contributed by atoms with van der Waals surface area (Å²) in [6, 6.07) is 7.50. The molecule has 4 N–H and O–H groups in total. The van der Waals surface area contributed by atoms with E-state index in [9.17, 15) is 9.90 Å². The van der Waals surface area contributed by atoms with Gasteiger partial charge in [0.15, 0.2) is 5.96 Å². The van der Waals surface area contributed by atoms with Crippen LogP contribution >= 0.6 is 39.9 Å². The number of anilines is 1. The number of hydrogen-bond donors (Lipinski definition) is 4. The fraction of sp³-hybridized carbons (Fsp3) is 0.600. The van der Waals surface area contributed by atoms with Gasteiger partial charge in [-0.2, -0.15) is 0 Å². The second-order valence-corrected chi connectivity index (χ2v) is 7.88. The van der Waals surface area contributed by atoms with Gasteiger partial charge in [-0.3, -0.25) is 9.79 Å². The summed E-state index contributed by atoms with van der Waals surface area (Å²) in [5.74, 6) is 1.61. The molecule has 1 amide bonds. The van der Waals surface area contributed by atoms with Gasteiger partial charge >= 0.3 is 0 Å². The smallest absolute Gasteiger partial charge is 0.226 e. The Bertz CT molecular complexity index is 582. The number of halogens is 2. The quantitative estimate of drug-likeness (QED) is 0.185. The molecule has 0 spiro atoms. The molecule has 0 heterocycles. The molecule has 0 aliphatic heterocycles. The molecule has 1 unspecified atom stereocenters. The van der Waals surface area contributed by atoms with Gasteiger partial charge in [-0.15, -0.1) is 24.0 Å². The number of rotatable bonds is 11. The second-order valence-electron chi connectivity index (χ2n) is 6.96.